The van der Waals surface area contributed by atoms with E-state index in [9.17, 15) is 9.59 Å². The summed E-state index contributed by atoms with van der Waals surface area (Å²) < 4.78 is 5.19. The zero-order chi connectivity index (χ0) is 24.1. The number of anilines is 3. The van der Waals surface area contributed by atoms with Gasteiger partial charge in [0.15, 0.2) is 6.17 Å². The molecule has 176 valence electrons. The average molecular weight is 463 g/mol. The molecule has 2 aromatic carbocycles. The molecular formula is C23H26N8O3. The second-order valence-electron chi connectivity index (χ2n) is 7.77. The van der Waals surface area contributed by atoms with Crippen LogP contribution in [0.15, 0.2) is 48.5 Å². The van der Waals surface area contributed by atoms with Crippen LogP contribution < -0.4 is 26.0 Å². The van der Waals surface area contributed by atoms with Crippen LogP contribution in [-0.2, 0) is 17.9 Å². The smallest absolute Gasteiger partial charge is 0.325 e. The minimum atomic E-state index is -0.959. The van der Waals surface area contributed by atoms with Gasteiger partial charge in [-0.25, -0.2) is 4.79 Å². The van der Waals surface area contributed by atoms with Crippen molar-refractivity contribution in [1.29, 1.82) is 0 Å². The SMILES string of the molecule is COc1ccc(CNc2nc(NCc3ccc(C)cc3)nc(NC3NC(=O)N(C)C3=O)n2)cc1. The fraction of sp³-hybridized carbons (Fsp3) is 0.261. The zero-order valence-corrected chi connectivity index (χ0v) is 19.1. The summed E-state index contributed by atoms with van der Waals surface area (Å²) >= 11 is 0. The van der Waals surface area contributed by atoms with Crippen LogP contribution in [0.2, 0.25) is 0 Å². The molecule has 4 rings (SSSR count). The number of hydrogen-bond acceptors (Lipinski definition) is 9. The molecule has 2 heterocycles. The summed E-state index contributed by atoms with van der Waals surface area (Å²) in [6.07, 6.45) is -0.959. The van der Waals surface area contributed by atoms with Crippen molar-refractivity contribution in [3.63, 3.8) is 0 Å². The van der Waals surface area contributed by atoms with Crippen molar-refractivity contribution >= 4 is 29.8 Å². The fourth-order valence-electron chi connectivity index (χ4n) is 3.21. The van der Waals surface area contributed by atoms with Gasteiger partial charge >= 0.3 is 6.03 Å². The van der Waals surface area contributed by atoms with E-state index in [0.29, 0.717) is 25.0 Å². The molecule has 11 heteroatoms. The third kappa shape index (κ3) is 5.49. The van der Waals surface area contributed by atoms with Crippen molar-refractivity contribution in [2.45, 2.75) is 26.2 Å². The van der Waals surface area contributed by atoms with Crippen LogP contribution in [0.5, 0.6) is 5.75 Å². The lowest BCUT2D eigenvalue weighted by Crippen LogP contribution is -2.37. The Bertz CT molecular complexity index is 1170. The lowest BCUT2D eigenvalue weighted by atomic mass is 10.1. The van der Waals surface area contributed by atoms with Crippen LogP contribution in [0.3, 0.4) is 0 Å². The Balaban J connectivity index is 1.51. The van der Waals surface area contributed by atoms with Gasteiger partial charge in [-0.3, -0.25) is 9.69 Å². The number of benzene rings is 2. The molecule has 0 saturated carbocycles. The fourth-order valence-corrected chi connectivity index (χ4v) is 3.21. The number of nitrogens with zero attached hydrogens (tertiary/aromatic N) is 4. The maximum absolute atomic E-state index is 12.3. The van der Waals surface area contributed by atoms with Crippen LogP contribution in [0.25, 0.3) is 0 Å². The van der Waals surface area contributed by atoms with Gasteiger partial charge in [0.1, 0.15) is 5.75 Å². The van der Waals surface area contributed by atoms with Crippen LogP contribution in [0, 0.1) is 6.92 Å². The quantitative estimate of drug-likeness (QED) is 0.354. The molecule has 1 unspecified atom stereocenters. The highest BCUT2D eigenvalue weighted by molar-refractivity contribution is 6.04. The summed E-state index contributed by atoms with van der Waals surface area (Å²) in [7, 11) is 3.02. The maximum Gasteiger partial charge on any atom is 0.325 e. The molecule has 0 aliphatic carbocycles. The summed E-state index contributed by atoms with van der Waals surface area (Å²) in [6, 6.07) is 15.2. The Labute approximate surface area is 197 Å². The van der Waals surface area contributed by atoms with Gasteiger partial charge in [-0.15, -0.1) is 0 Å². The van der Waals surface area contributed by atoms with Gasteiger partial charge in [-0.1, -0.05) is 42.0 Å². The summed E-state index contributed by atoms with van der Waals surface area (Å²) in [6.45, 7) is 3.00. The molecule has 3 aromatic rings. The van der Waals surface area contributed by atoms with E-state index < -0.39 is 18.1 Å². The van der Waals surface area contributed by atoms with Crippen molar-refractivity contribution in [1.82, 2.24) is 25.2 Å². The van der Waals surface area contributed by atoms with Crippen LogP contribution in [0.1, 0.15) is 16.7 Å². The number of aryl methyl sites for hydroxylation is 1. The largest absolute Gasteiger partial charge is 0.497 e. The van der Waals surface area contributed by atoms with E-state index in [1.54, 1.807) is 7.11 Å². The highest BCUT2D eigenvalue weighted by atomic mass is 16.5. The Kier molecular flexibility index (Phi) is 6.72. The highest BCUT2D eigenvalue weighted by Crippen LogP contribution is 2.16. The van der Waals surface area contributed by atoms with Gasteiger partial charge in [0.25, 0.3) is 5.91 Å². The predicted molar refractivity (Wildman–Crippen MR) is 127 cm³/mol. The minimum Gasteiger partial charge on any atom is -0.497 e. The van der Waals surface area contributed by atoms with Crippen molar-refractivity contribution in [2.24, 2.45) is 0 Å². The summed E-state index contributed by atoms with van der Waals surface area (Å²) in [4.78, 5) is 38.2. The monoisotopic (exact) mass is 462 g/mol. The molecule has 1 aromatic heterocycles. The van der Waals surface area contributed by atoms with E-state index in [4.69, 9.17) is 4.74 Å². The lowest BCUT2D eigenvalue weighted by Gasteiger charge is -2.14. The number of nitrogens with one attached hydrogen (secondary N) is 4. The Morgan fingerprint density at radius 2 is 1.41 bits per heavy atom. The van der Waals surface area contributed by atoms with E-state index in [1.807, 2.05) is 55.5 Å². The van der Waals surface area contributed by atoms with Gasteiger partial charge in [0, 0.05) is 20.1 Å². The normalized spacial score (nSPS) is 15.1. The molecule has 1 atom stereocenters. The number of carbonyl (C=O) groups is 2. The van der Waals surface area contributed by atoms with Gasteiger partial charge in [-0.05, 0) is 30.2 Å². The molecule has 11 nitrogen and oxygen atoms in total. The number of methoxy groups -OCH3 is 1. The van der Waals surface area contributed by atoms with Crippen molar-refractivity contribution < 1.29 is 14.3 Å². The molecule has 0 bridgehead atoms. The summed E-state index contributed by atoms with van der Waals surface area (Å²) in [5.74, 6) is 1.12. The molecule has 1 saturated heterocycles. The molecular weight excluding hydrogens is 436 g/mol. The third-order valence-corrected chi connectivity index (χ3v) is 5.24. The molecule has 4 N–H and O–H groups in total. The number of hydrogen-bond donors (Lipinski definition) is 4. The van der Waals surface area contributed by atoms with E-state index in [2.05, 4.69) is 36.2 Å². The molecule has 3 amide bonds. The minimum absolute atomic E-state index is 0.146. The zero-order valence-electron chi connectivity index (χ0n) is 19.1. The Morgan fingerprint density at radius 3 is 1.91 bits per heavy atom. The molecule has 34 heavy (non-hydrogen) atoms. The first kappa shape index (κ1) is 22.8. The lowest BCUT2D eigenvalue weighted by molar-refractivity contribution is -0.125. The summed E-state index contributed by atoms with van der Waals surface area (Å²) in [5, 5.41) is 11.8. The van der Waals surface area contributed by atoms with Gasteiger partial charge < -0.3 is 26.0 Å². The number of likely N-dealkylation sites (N-methyl/N-ethyl adjacent to an activating group) is 1. The number of ether oxygens (including phenoxy) is 1. The van der Waals surface area contributed by atoms with E-state index >= 15 is 0 Å². The highest BCUT2D eigenvalue weighted by Gasteiger charge is 2.35. The van der Waals surface area contributed by atoms with Crippen LogP contribution in [-0.4, -0.2) is 52.1 Å². The molecule has 1 aliphatic heterocycles. The van der Waals surface area contributed by atoms with Crippen LogP contribution >= 0.6 is 0 Å². The molecule has 1 fully saturated rings. The third-order valence-electron chi connectivity index (χ3n) is 5.24. The average Bonchev–Trinajstić information content (AvgIpc) is 3.09. The number of urea groups is 1. The van der Waals surface area contributed by atoms with E-state index in [-0.39, 0.29) is 5.95 Å². The molecule has 1 aliphatic rings. The predicted octanol–water partition coefficient (Wildman–Crippen LogP) is 2.33. The first-order chi connectivity index (χ1) is 16.4. The standard InChI is InChI=1S/C23H26N8O3/c1-14-4-6-15(7-5-14)12-24-20-28-21(25-13-16-8-10-17(34-3)11-9-16)30-22(29-20)26-18-19(32)31(2)23(33)27-18/h4-11,18H,12-13H2,1-3H3,(H,27,33)(H3,24,25,26,28,29,30). The topological polar surface area (TPSA) is 133 Å². The Morgan fingerprint density at radius 1 is 0.882 bits per heavy atom. The van der Waals surface area contributed by atoms with Gasteiger partial charge in [0.2, 0.25) is 17.8 Å². The van der Waals surface area contributed by atoms with E-state index in [0.717, 1.165) is 21.8 Å². The van der Waals surface area contributed by atoms with E-state index in [1.165, 1.54) is 12.6 Å². The number of amides is 3. The van der Waals surface area contributed by atoms with Crippen molar-refractivity contribution in [3.8, 4) is 5.75 Å². The summed E-state index contributed by atoms with van der Waals surface area (Å²) in [5.41, 5.74) is 3.24. The first-order valence-electron chi connectivity index (χ1n) is 10.7. The van der Waals surface area contributed by atoms with Crippen molar-refractivity contribution in [2.75, 3.05) is 30.1 Å². The number of rotatable bonds is 9. The first-order valence-corrected chi connectivity index (χ1v) is 10.7. The van der Waals surface area contributed by atoms with Crippen LogP contribution in [0.4, 0.5) is 22.6 Å². The second-order valence-corrected chi connectivity index (χ2v) is 7.77. The van der Waals surface area contributed by atoms with Gasteiger partial charge in [0.05, 0.1) is 7.11 Å². The van der Waals surface area contributed by atoms with Gasteiger partial charge in [-0.2, -0.15) is 15.0 Å². The molecule has 0 spiro atoms. The number of carbonyl (C=O) groups excluding carboxylic acids is 2. The number of imide groups is 1. The Hall–Kier alpha value is -4.41. The molecule has 0 radical (unpaired) electrons. The second kappa shape index (κ2) is 10.0. The number of aromatic nitrogens is 3. The maximum atomic E-state index is 12.3. The van der Waals surface area contributed by atoms with Crippen molar-refractivity contribution in [3.05, 3.63) is 65.2 Å².